The SMILES string of the molecule is O=C(CC1CCNC1)c1cccc(CN2CCn3cc(C(=O)NO)nc3C2)c1. The van der Waals surface area contributed by atoms with Gasteiger partial charge in [-0.25, -0.2) is 10.5 Å². The monoisotopic (exact) mass is 383 g/mol. The summed E-state index contributed by atoms with van der Waals surface area (Å²) in [6.07, 6.45) is 3.34. The summed E-state index contributed by atoms with van der Waals surface area (Å²) in [5.41, 5.74) is 3.72. The lowest BCUT2D eigenvalue weighted by molar-refractivity contribution is 0.0701. The van der Waals surface area contributed by atoms with Gasteiger partial charge in [0.15, 0.2) is 5.78 Å². The van der Waals surface area contributed by atoms with Crippen LogP contribution >= 0.6 is 0 Å². The minimum absolute atomic E-state index is 0.212. The van der Waals surface area contributed by atoms with Gasteiger partial charge in [-0.1, -0.05) is 18.2 Å². The zero-order valence-corrected chi connectivity index (χ0v) is 15.7. The van der Waals surface area contributed by atoms with Crippen molar-refractivity contribution < 1.29 is 14.8 Å². The highest BCUT2D eigenvalue weighted by Crippen LogP contribution is 2.19. The maximum atomic E-state index is 12.6. The van der Waals surface area contributed by atoms with E-state index in [0.29, 0.717) is 18.9 Å². The van der Waals surface area contributed by atoms with Gasteiger partial charge in [0.25, 0.3) is 5.91 Å². The van der Waals surface area contributed by atoms with Gasteiger partial charge >= 0.3 is 0 Å². The molecule has 1 saturated heterocycles. The second kappa shape index (κ2) is 8.22. The lowest BCUT2D eigenvalue weighted by Gasteiger charge is -2.27. The second-order valence-corrected chi connectivity index (χ2v) is 7.57. The summed E-state index contributed by atoms with van der Waals surface area (Å²) in [6, 6.07) is 7.89. The molecule has 8 heteroatoms. The van der Waals surface area contributed by atoms with E-state index in [1.807, 2.05) is 28.8 Å². The molecule has 8 nitrogen and oxygen atoms in total. The van der Waals surface area contributed by atoms with Crippen LogP contribution < -0.4 is 10.8 Å². The smallest absolute Gasteiger partial charge is 0.294 e. The van der Waals surface area contributed by atoms with Gasteiger partial charge in [0.2, 0.25) is 0 Å². The summed E-state index contributed by atoms with van der Waals surface area (Å²) < 4.78 is 1.94. The van der Waals surface area contributed by atoms with Crippen molar-refractivity contribution >= 4 is 11.7 Å². The zero-order valence-electron chi connectivity index (χ0n) is 15.7. The largest absolute Gasteiger partial charge is 0.332 e. The minimum atomic E-state index is -0.600. The molecular weight excluding hydrogens is 358 g/mol. The molecule has 1 atom stereocenters. The molecule has 2 aromatic rings. The van der Waals surface area contributed by atoms with Crippen molar-refractivity contribution in [3.63, 3.8) is 0 Å². The molecule has 1 unspecified atom stereocenters. The Labute approximate surface area is 163 Å². The Kier molecular flexibility index (Phi) is 5.52. The molecule has 2 aliphatic rings. The van der Waals surface area contributed by atoms with Gasteiger partial charge in [0.1, 0.15) is 11.5 Å². The lowest BCUT2D eigenvalue weighted by Crippen LogP contribution is -2.33. The lowest BCUT2D eigenvalue weighted by atomic mass is 9.96. The molecule has 3 heterocycles. The van der Waals surface area contributed by atoms with Gasteiger partial charge < -0.3 is 9.88 Å². The number of aromatic nitrogens is 2. The maximum Gasteiger partial charge on any atom is 0.294 e. The van der Waals surface area contributed by atoms with E-state index in [0.717, 1.165) is 56.1 Å². The molecule has 148 valence electrons. The molecule has 1 aromatic heterocycles. The highest BCUT2D eigenvalue weighted by Gasteiger charge is 2.22. The number of carbonyl (C=O) groups is 2. The van der Waals surface area contributed by atoms with Crippen molar-refractivity contribution in [3.05, 3.63) is 53.1 Å². The fraction of sp³-hybridized carbons (Fsp3) is 0.450. The van der Waals surface area contributed by atoms with E-state index in [2.05, 4.69) is 15.2 Å². The minimum Gasteiger partial charge on any atom is -0.332 e. The fourth-order valence-electron chi connectivity index (χ4n) is 3.97. The van der Waals surface area contributed by atoms with Crippen molar-refractivity contribution in [2.24, 2.45) is 5.92 Å². The highest BCUT2D eigenvalue weighted by atomic mass is 16.5. The van der Waals surface area contributed by atoms with E-state index >= 15 is 0 Å². The molecule has 3 N–H and O–H groups in total. The van der Waals surface area contributed by atoms with Crippen molar-refractivity contribution in [1.82, 2.24) is 25.2 Å². The Morgan fingerprint density at radius 3 is 3.00 bits per heavy atom. The van der Waals surface area contributed by atoms with Crippen LogP contribution in [-0.4, -0.2) is 51.0 Å². The predicted octanol–water partition coefficient (Wildman–Crippen LogP) is 1.20. The number of hydrogen-bond acceptors (Lipinski definition) is 6. The molecule has 0 radical (unpaired) electrons. The first kappa shape index (κ1) is 18.8. The maximum absolute atomic E-state index is 12.6. The summed E-state index contributed by atoms with van der Waals surface area (Å²) in [6.45, 7) is 4.83. The van der Waals surface area contributed by atoms with Crippen LogP contribution in [0.1, 0.15) is 45.1 Å². The molecule has 1 fully saturated rings. The molecular formula is C20H25N5O3. The number of nitrogens with zero attached hydrogens (tertiary/aromatic N) is 3. The summed E-state index contributed by atoms with van der Waals surface area (Å²) in [5, 5.41) is 12.1. The third-order valence-electron chi connectivity index (χ3n) is 5.51. The molecule has 0 bridgehead atoms. The average Bonchev–Trinajstić information content (AvgIpc) is 3.36. The Balaban J connectivity index is 1.40. The number of rotatable bonds is 6. The molecule has 1 amide bonds. The third-order valence-corrected chi connectivity index (χ3v) is 5.51. The number of nitrogens with one attached hydrogen (secondary N) is 2. The highest BCUT2D eigenvalue weighted by molar-refractivity contribution is 5.96. The first-order chi connectivity index (χ1) is 13.6. The van der Waals surface area contributed by atoms with Crippen LogP contribution in [0.3, 0.4) is 0 Å². The van der Waals surface area contributed by atoms with E-state index in [9.17, 15) is 9.59 Å². The first-order valence-electron chi connectivity index (χ1n) is 9.68. The topological polar surface area (TPSA) is 99.5 Å². The number of benzene rings is 1. The molecule has 4 rings (SSSR count). The summed E-state index contributed by atoms with van der Waals surface area (Å²) in [7, 11) is 0. The van der Waals surface area contributed by atoms with Gasteiger partial charge in [-0.2, -0.15) is 0 Å². The third kappa shape index (κ3) is 4.14. The van der Waals surface area contributed by atoms with Crippen LogP contribution in [0.15, 0.2) is 30.5 Å². The van der Waals surface area contributed by atoms with E-state index in [4.69, 9.17) is 5.21 Å². The predicted molar refractivity (Wildman–Crippen MR) is 102 cm³/mol. The molecule has 0 saturated carbocycles. The van der Waals surface area contributed by atoms with Crippen LogP contribution in [-0.2, 0) is 19.6 Å². The molecule has 1 aromatic carbocycles. The van der Waals surface area contributed by atoms with E-state index in [1.165, 1.54) is 0 Å². The molecule has 2 aliphatic heterocycles. The normalized spacial score (nSPS) is 19.4. The Morgan fingerprint density at radius 1 is 1.32 bits per heavy atom. The number of imidazole rings is 1. The summed E-state index contributed by atoms with van der Waals surface area (Å²) in [5.74, 6) is 0.856. The van der Waals surface area contributed by atoms with Gasteiger partial charge in [0, 0.05) is 37.8 Å². The van der Waals surface area contributed by atoms with E-state index in [-0.39, 0.29) is 11.5 Å². The first-order valence-corrected chi connectivity index (χ1v) is 9.68. The summed E-state index contributed by atoms with van der Waals surface area (Å²) in [4.78, 5) is 30.7. The van der Waals surface area contributed by atoms with Crippen LogP contribution in [0.4, 0.5) is 0 Å². The Morgan fingerprint density at radius 2 is 2.21 bits per heavy atom. The van der Waals surface area contributed by atoms with Gasteiger partial charge in [-0.3, -0.25) is 19.7 Å². The molecule has 0 spiro atoms. The zero-order chi connectivity index (χ0) is 19.5. The summed E-state index contributed by atoms with van der Waals surface area (Å²) >= 11 is 0. The number of Topliss-reactive ketones (excluding diaryl/α,β-unsaturated/α-hetero) is 1. The van der Waals surface area contributed by atoms with Crippen molar-refractivity contribution in [2.75, 3.05) is 19.6 Å². The molecule has 28 heavy (non-hydrogen) atoms. The van der Waals surface area contributed by atoms with Crippen molar-refractivity contribution in [3.8, 4) is 0 Å². The number of carbonyl (C=O) groups excluding carboxylic acids is 2. The van der Waals surface area contributed by atoms with Crippen molar-refractivity contribution in [2.45, 2.75) is 32.5 Å². The van der Waals surface area contributed by atoms with Gasteiger partial charge in [0.05, 0.1) is 6.54 Å². The second-order valence-electron chi connectivity index (χ2n) is 7.57. The fourth-order valence-corrected chi connectivity index (χ4v) is 3.97. The quantitative estimate of drug-likeness (QED) is 0.394. The van der Waals surface area contributed by atoms with Crippen LogP contribution in [0.5, 0.6) is 0 Å². The van der Waals surface area contributed by atoms with E-state index < -0.39 is 5.91 Å². The Bertz CT molecular complexity index is 872. The Hall–Kier alpha value is -2.55. The van der Waals surface area contributed by atoms with Gasteiger partial charge in [-0.15, -0.1) is 0 Å². The number of amides is 1. The van der Waals surface area contributed by atoms with Crippen LogP contribution in [0.2, 0.25) is 0 Å². The standard InChI is InChI=1S/C20H25N5O3/c26-18(9-14-4-5-21-10-14)16-3-1-2-15(8-16)11-24-6-7-25-12-17(20(27)23-28)22-19(25)13-24/h1-3,8,12,14,21,28H,4-7,9-11,13H2,(H,23,27). The number of ketones is 1. The van der Waals surface area contributed by atoms with Crippen LogP contribution in [0, 0.1) is 5.92 Å². The average molecular weight is 383 g/mol. The van der Waals surface area contributed by atoms with Crippen molar-refractivity contribution in [1.29, 1.82) is 0 Å². The van der Waals surface area contributed by atoms with E-state index in [1.54, 1.807) is 11.7 Å². The van der Waals surface area contributed by atoms with Crippen LogP contribution in [0.25, 0.3) is 0 Å². The van der Waals surface area contributed by atoms with Gasteiger partial charge in [-0.05, 0) is 37.1 Å². The molecule has 0 aliphatic carbocycles. The number of hydrogen-bond donors (Lipinski definition) is 3. The number of fused-ring (bicyclic) bond motifs is 1. The number of hydroxylamine groups is 1.